The van der Waals surface area contributed by atoms with E-state index in [1.165, 1.54) is 11.4 Å². The number of benzene rings is 2. The minimum absolute atomic E-state index is 0.189. The molecule has 0 radical (unpaired) electrons. The number of carbonyl (C=O) groups excluding carboxylic acids is 1. The number of sulfonamides is 1. The molecule has 0 bridgehead atoms. The molecule has 7 heteroatoms. The van der Waals surface area contributed by atoms with Crippen molar-refractivity contribution in [3.8, 4) is 5.75 Å². The molecule has 0 aliphatic rings. The second-order valence-electron chi connectivity index (χ2n) is 5.54. The number of amides is 1. The summed E-state index contributed by atoms with van der Waals surface area (Å²) in [7, 11) is -1.88. The van der Waals surface area contributed by atoms with Gasteiger partial charge >= 0.3 is 0 Å². The van der Waals surface area contributed by atoms with Crippen molar-refractivity contribution in [3.05, 3.63) is 65.7 Å². The van der Waals surface area contributed by atoms with Crippen LogP contribution in [-0.2, 0) is 16.6 Å². The monoisotopic (exact) mass is 362 g/mol. The highest BCUT2D eigenvalue weighted by Crippen LogP contribution is 2.16. The predicted molar refractivity (Wildman–Crippen MR) is 97.0 cm³/mol. The molecule has 0 aliphatic carbocycles. The predicted octanol–water partition coefficient (Wildman–Crippen LogP) is 1.89. The summed E-state index contributed by atoms with van der Waals surface area (Å²) in [6.45, 7) is 0.662. The van der Waals surface area contributed by atoms with E-state index in [9.17, 15) is 13.2 Å². The fourth-order valence-corrected chi connectivity index (χ4v) is 3.18. The number of ether oxygens (including phenoxy) is 1. The number of carbonyl (C=O) groups is 1. The lowest BCUT2D eigenvalue weighted by molar-refractivity contribution is 0.0948. The van der Waals surface area contributed by atoms with Gasteiger partial charge in [0.1, 0.15) is 5.75 Å². The van der Waals surface area contributed by atoms with E-state index in [4.69, 9.17) is 4.74 Å². The van der Waals surface area contributed by atoms with E-state index in [1.807, 2.05) is 30.3 Å². The Morgan fingerprint density at radius 2 is 1.72 bits per heavy atom. The molecule has 2 aromatic carbocycles. The lowest BCUT2D eigenvalue weighted by atomic mass is 10.2. The molecule has 6 nitrogen and oxygen atoms in total. The molecule has 0 unspecified atom stereocenters. The normalized spacial score (nSPS) is 11.3. The standard InChI is InChI=1S/C18H22N2O4S/c1-24-17-11-7-6-10-16(17)18(21)19-12-13-20(25(2,22)23)14-15-8-4-3-5-9-15/h3-11H,12-14H2,1-2H3,(H,19,21). The average molecular weight is 362 g/mol. The van der Waals surface area contributed by atoms with Crippen LogP contribution >= 0.6 is 0 Å². The van der Waals surface area contributed by atoms with Crippen LogP contribution in [0.3, 0.4) is 0 Å². The Morgan fingerprint density at radius 1 is 1.08 bits per heavy atom. The van der Waals surface area contributed by atoms with E-state index >= 15 is 0 Å². The number of methoxy groups -OCH3 is 1. The van der Waals surface area contributed by atoms with Crippen LogP contribution in [0.15, 0.2) is 54.6 Å². The lowest BCUT2D eigenvalue weighted by Gasteiger charge is -2.20. The molecule has 25 heavy (non-hydrogen) atoms. The van der Waals surface area contributed by atoms with Gasteiger partial charge in [-0.1, -0.05) is 42.5 Å². The van der Waals surface area contributed by atoms with Crippen LogP contribution in [0.25, 0.3) is 0 Å². The quantitative estimate of drug-likeness (QED) is 0.778. The summed E-state index contributed by atoms with van der Waals surface area (Å²) in [5.74, 6) is 0.176. The maximum atomic E-state index is 12.3. The molecule has 0 heterocycles. The summed E-state index contributed by atoms with van der Waals surface area (Å²) in [5.41, 5.74) is 1.31. The Kier molecular flexibility index (Phi) is 6.55. The highest BCUT2D eigenvalue weighted by atomic mass is 32.2. The summed E-state index contributed by atoms with van der Waals surface area (Å²) in [6, 6.07) is 16.2. The van der Waals surface area contributed by atoms with Gasteiger partial charge < -0.3 is 10.1 Å². The number of nitrogens with one attached hydrogen (secondary N) is 1. The first kappa shape index (κ1) is 19.0. The molecule has 0 saturated heterocycles. The summed E-state index contributed by atoms with van der Waals surface area (Å²) in [4.78, 5) is 12.3. The third-order valence-electron chi connectivity index (χ3n) is 3.67. The van der Waals surface area contributed by atoms with E-state index in [0.29, 0.717) is 11.3 Å². The maximum Gasteiger partial charge on any atom is 0.255 e. The summed E-state index contributed by atoms with van der Waals surface area (Å²) in [5, 5.41) is 2.74. The van der Waals surface area contributed by atoms with Gasteiger partial charge in [-0.2, -0.15) is 4.31 Å². The Morgan fingerprint density at radius 3 is 2.36 bits per heavy atom. The molecule has 134 valence electrons. The molecular weight excluding hydrogens is 340 g/mol. The third-order valence-corrected chi connectivity index (χ3v) is 4.92. The largest absolute Gasteiger partial charge is 0.496 e. The smallest absolute Gasteiger partial charge is 0.255 e. The van der Waals surface area contributed by atoms with Gasteiger partial charge in [-0.3, -0.25) is 4.79 Å². The van der Waals surface area contributed by atoms with Crippen molar-refractivity contribution in [2.45, 2.75) is 6.54 Å². The minimum Gasteiger partial charge on any atom is -0.496 e. The van der Waals surface area contributed by atoms with Crippen molar-refractivity contribution in [1.29, 1.82) is 0 Å². The molecule has 0 spiro atoms. The summed E-state index contributed by atoms with van der Waals surface area (Å²) >= 11 is 0. The highest BCUT2D eigenvalue weighted by molar-refractivity contribution is 7.88. The van der Waals surface area contributed by atoms with Crippen molar-refractivity contribution < 1.29 is 17.9 Å². The SMILES string of the molecule is COc1ccccc1C(=O)NCCN(Cc1ccccc1)S(C)(=O)=O. The Balaban J connectivity index is 1.98. The Bertz CT molecular complexity index is 807. The van der Waals surface area contributed by atoms with E-state index in [0.717, 1.165) is 11.8 Å². The molecule has 1 N–H and O–H groups in total. The summed E-state index contributed by atoms with van der Waals surface area (Å²) < 4.78 is 30.4. The van der Waals surface area contributed by atoms with Gasteiger partial charge in [0.2, 0.25) is 10.0 Å². The topological polar surface area (TPSA) is 75.7 Å². The van der Waals surface area contributed by atoms with E-state index in [1.54, 1.807) is 24.3 Å². The van der Waals surface area contributed by atoms with Gasteiger partial charge in [0.15, 0.2) is 0 Å². The van der Waals surface area contributed by atoms with Crippen molar-refractivity contribution in [3.63, 3.8) is 0 Å². The number of para-hydroxylation sites is 1. The van der Waals surface area contributed by atoms with Crippen LogP contribution in [-0.4, -0.2) is 45.1 Å². The van der Waals surface area contributed by atoms with Crippen LogP contribution in [0.1, 0.15) is 15.9 Å². The fourth-order valence-electron chi connectivity index (χ4n) is 2.37. The van der Waals surface area contributed by atoms with Crippen LogP contribution < -0.4 is 10.1 Å². The number of rotatable bonds is 8. The van der Waals surface area contributed by atoms with Gasteiger partial charge in [-0.05, 0) is 17.7 Å². The van der Waals surface area contributed by atoms with Crippen molar-refractivity contribution in [2.24, 2.45) is 0 Å². The van der Waals surface area contributed by atoms with Gasteiger partial charge in [-0.25, -0.2) is 8.42 Å². The Labute approximate surface area is 148 Å². The first-order valence-electron chi connectivity index (χ1n) is 7.82. The highest BCUT2D eigenvalue weighted by Gasteiger charge is 2.18. The van der Waals surface area contributed by atoms with E-state index < -0.39 is 10.0 Å². The molecular formula is C18H22N2O4S. The molecule has 1 amide bonds. The van der Waals surface area contributed by atoms with Crippen LogP contribution in [0.4, 0.5) is 0 Å². The van der Waals surface area contributed by atoms with Crippen LogP contribution in [0.2, 0.25) is 0 Å². The van der Waals surface area contributed by atoms with Crippen molar-refractivity contribution in [2.75, 3.05) is 26.5 Å². The van der Waals surface area contributed by atoms with Gasteiger partial charge in [0.25, 0.3) is 5.91 Å². The molecule has 0 aliphatic heterocycles. The zero-order valence-corrected chi connectivity index (χ0v) is 15.1. The van der Waals surface area contributed by atoms with E-state index in [2.05, 4.69) is 5.32 Å². The number of nitrogens with zero attached hydrogens (tertiary/aromatic N) is 1. The van der Waals surface area contributed by atoms with Gasteiger partial charge in [0.05, 0.1) is 18.9 Å². The molecule has 2 rings (SSSR count). The van der Waals surface area contributed by atoms with Crippen molar-refractivity contribution >= 4 is 15.9 Å². The lowest BCUT2D eigenvalue weighted by Crippen LogP contribution is -2.37. The second kappa shape index (κ2) is 8.64. The van der Waals surface area contributed by atoms with Crippen molar-refractivity contribution in [1.82, 2.24) is 9.62 Å². The third kappa shape index (κ3) is 5.58. The second-order valence-corrected chi connectivity index (χ2v) is 7.52. The van der Waals surface area contributed by atoms with Crippen LogP contribution in [0.5, 0.6) is 5.75 Å². The molecule has 0 aromatic heterocycles. The minimum atomic E-state index is -3.38. The number of hydrogen-bond acceptors (Lipinski definition) is 4. The first-order valence-corrected chi connectivity index (χ1v) is 9.67. The number of hydrogen-bond donors (Lipinski definition) is 1. The molecule has 0 saturated carbocycles. The zero-order valence-electron chi connectivity index (χ0n) is 14.3. The van der Waals surface area contributed by atoms with E-state index in [-0.39, 0.29) is 25.5 Å². The molecule has 0 atom stereocenters. The molecule has 0 fully saturated rings. The van der Waals surface area contributed by atoms with Gasteiger partial charge in [-0.15, -0.1) is 0 Å². The maximum absolute atomic E-state index is 12.3. The molecule has 2 aromatic rings. The first-order chi connectivity index (χ1) is 11.9. The zero-order chi connectivity index (χ0) is 18.3. The Hall–Kier alpha value is -2.38. The average Bonchev–Trinajstić information content (AvgIpc) is 2.60. The summed E-state index contributed by atoms with van der Waals surface area (Å²) in [6.07, 6.45) is 1.16. The van der Waals surface area contributed by atoms with Gasteiger partial charge in [0, 0.05) is 19.6 Å². The fraction of sp³-hybridized carbons (Fsp3) is 0.278. The van der Waals surface area contributed by atoms with Crippen LogP contribution in [0, 0.1) is 0 Å².